The SMILES string of the molecule is CCC(N)c1c(C)nn(CCC2CCCC2)c1C. The summed E-state index contributed by atoms with van der Waals surface area (Å²) in [5.41, 5.74) is 9.84. The van der Waals surface area contributed by atoms with Gasteiger partial charge in [0.05, 0.1) is 5.69 Å². The zero-order valence-electron chi connectivity index (χ0n) is 12.1. The van der Waals surface area contributed by atoms with Gasteiger partial charge in [-0.2, -0.15) is 5.10 Å². The van der Waals surface area contributed by atoms with Gasteiger partial charge in [0.25, 0.3) is 0 Å². The van der Waals surface area contributed by atoms with Gasteiger partial charge in [-0.3, -0.25) is 4.68 Å². The molecule has 2 N–H and O–H groups in total. The van der Waals surface area contributed by atoms with Crippen molar-refractivity contribution in [1.82, 2.24) is 9.78 Å². The van der Waals surface area contributed by atoms with E-state index in [9.17, 15) is 0 Å². The molecule has 0 radical (unpaired) electrons. The normalized spacial score (nSPS) is 18.4. The van der Waals surface area contributed by atoms with Gasteiger partial charge >= 0.3 is 0 Å². The van der Waals surface area contributed by atoms with Crippen LogP contribution in [0.25, 0.3) is 0 Å². The monoisotopic (exact) mass is 249 g/mol. The molecule has 1 saturated carbocycles. The van der Waals surface area contributed by atoms with E-state index in [1.165, 1.54) is 43.4 Å². The van der Waals surface area contributed by atoms with E-state index in [0.29, 0.717) is 0 Å². The molecule has 1 atom stereocenters. The van der Waals surface area contributed by atoms with Crippen LogP contribution in [-0.2, 0) is 6.54 Å². The topological polar surface area (TPSA) is 43.8 Å². The molecular weight excluding hydrogens is 222 g/mol. The fraction of sp³-hybridized carbons (Fsp3) is 0.800. The van der Waals surface area contributed by atoms with Crippen molar-refractivity contribution in [3.63, 3.8) is 0 Å². The van der Waals surface area contributed by atoms with Crippen molar-refractivity contribution >= 4 is 0 Å². The van der Waals surface area contributed by atoms with E-state index in [0.717, 1.165) is 24.6 Å². The molecule has 1 aromatic rings. The summed E-state index contributed by atoms with van der Waals surface area (Å²) in [5, 5.41) is 4.68. The third-order valence-electron chi connectivity index (χ3n) is 4.47. The standard InChI is InChI=1S/C15H27N3/c1-4-14(16)15-11(2)17-18(12(15)3)10-9-13-7-5-6-8-13/h13-14H,4-10,16H2,1-3H3. The van der Waals surface area contributed by atoms with Crippen LogP contribution in [-0.4, -0.2) is 9.78 Å². The molecular formula is C15H27N3. The molecule has 0 bridgehead atoms. The van der Waals surface area contributed by atoms with Gasteiger partial charge in [-0.25, -0.2) is 0 Å². The molecule has 3 heteroatoms. The summed E-state index contributed by atoms with van der Waals surface area (Å²) in [6.45, 7) is 7.45. The highest BCUT2D eigenvalue weighted by Gasteiger charge is 2.19. The molecule has 1 aliphatic rings. The molecule has 1 unspecified atom stereocenters. The molecule has 3 nitrogen and oxygen atoms in total. The lowest BCUT2D eigenvalue weighted by Gasteiger charge is -2.12. The maximum atomic E-state index is 6.17. The van der Waals surface area contributed by atoms with Crippen molar-refractivity contribution in [1.29, 1.82) is 0 Å². The Kier molecular flexibility index (Phi) is 4.44. The van der Waals surface area contributed by atoms with Gasteiger partial charge in [-0.05, 0) is 32.6 Å². The number of nitrogens with zero attached hydrogens (tertiary/aromatic N) is 2. The van der Waals surface area contributed by atoms with Gasteiger partial charge in [0, 0.05) is 23.8 Å². The van der Waals surface area contributed by atoms with Crippen LogP contribution in [0.5, 0.6) is 0 Å². The average molecular weight is 249 g/mol. The lowest BCUT2D eigenvalue weighted by Crippen LogP contribution is -2.12. The summed E-state index contributed by atoms with van der Waals surface area (Å²) in [5.74, 6) is 0.928. The van der Waals surface area contributed by atoms with Crippen molar-refractivity contribution in [2.24, 2.45) is 11.7 Å². The Balaban J connectivity index is 2.04. The van der Waals surface area contributed by atoms with Crippen molar-refractivity contribution < 1.29 is 0 Å². The number of nitrogens with two attached hydrogens (primary N) is 1. The highest BCUT2D eigenvalue weighted by Crippen LogP contribution is 2.29. The van der Waals surface area contributed by atoms with Gasteiger partial charge in [0.1, 0.15) is 0 Å². The highest BCUT2D eigenvalue weighted by molar-refractivity contribution is 5.27. The van der Waals surface area contributed by atoms with E-state index in [1.54, 1.807) is 0 Å². The summed E-state index contributed by atoms with van der Waals surface area (Å²) >= 11 is 0. The van der Waals surface area contributed by atoms with Crippen LogP contribution in [0.1, 0.15) is 68.4 Å². The fourth-order valence-corrected chi connectivity index (χ4v) is 3.27. The van der Waals surface area contributed by atoms with Crippen LogP contribution in [0, 0.1) is 19.8 Å². The first-order chi connectivity index (χ1) is 8.63. The van der Waals surface area contributed by atoms with E-state index >= 15 is 0 Å². The predicted molar refractivity (Wildman–Crippen MR) is 75.5 cm³/mol. The van der Waals surface area contributed by atoms with Crippen molar-refractivity contribution in [3.8, 4) is 0 Å². The lowest BCUT2D eigenvalue weighted by atomic mass is 10.0. The Hall–Kier alpha value is -0.830. The number of hydrogen-bond acceptors (Lipinski definition) is 2. The lowest BCUT2D eigenvalue weighted by molar-refractivity contribution is 0.434. The molecule has 1 heterocycles. The van der Waals surface area contributed by atoms with E-state index in [4.69, 9.17) is 5.73 Å². The Labute approximate surface area is 111 Å². The first-order valence-electron chi connectivity index (χ1n) is 7.43. The van der Waals surface area contributed by atoms with Crippen LogP contribution in [0.15, 0.2) is 0 Å². The Morgan fingerprint density at radius 1 is 1.33 bits per heavy atom. The summed E-state index contributed by atoms with van der Waals surface area (Å²) in [6, 6.07) is 0.144. The summed E-state index contributed by atoms with van der Waals surface area (Å²) < 4.78 is 2.18. The maximum Gasteiger partial charge on any atom is 0.0644 e. The molecule has 102 valence electrons. The van der Waals surface area contributed by atoms with E-state index < -0.39 is 0 Å². The average Bonchev–Trinajstić information content (AvgIpc) is 2.95. The van der Waals surface area contributed by atoms with Gasteiger partial charge < -0.3 is 5.73 Å². The second-order valence-corrected chi connectivity index (χ2v) is 5.76. The molecule has 1 fully saturated rings. The number of hydrogen-bond donors (Lipinski definition) is 1. The zero-order chi connectivity index (χ0) is 13.1. The van der Waals surface area contributed by atoms with Gasteiger partial charge in [-0.1, -0.05) is 32.6 Å². The fourth-order valence-electron chi connectivity index (χ4n) is 3.27. The molecule has 2 rings (SSSR count). The maximum absolute atomic E-state index is 6.17. The van der Waals surface area contributed by atoms with E-state index in [-0.39, 0.29) is 6.04 Å². The number of rotatable bonds is 5. The smallest absolute Gasteiger partial charge is 0.0644 e. The largest absolute Gasteiger partial charge is 0.324 e. The first-order valence-corrected chi connectivity index (χ1v) is 7.43. The summed E-state index contributed by atoms with van der Waals surface area (Å²) in [7, 11) is 0. The molecule has 0 aromatic carbocycles. The first kappa shape index (κ1) is 13.6. The van der Waals surface area contributed by atoms with Gasteiger partial charge in [-0.15, -0.1) is 0 Å². The minimum Gasteiger partial charge on any atom is -0.324 e. The Morgan fingerprint density at radius 2 is 2.00 bits per heavy atom. The predicted octanol–water partition coefficient (Wildman–Crippen LogP) is 3.49. The second kappa shape index (κ2) is 5.87. The third kappa shape index (κ3) is 2.77. The number of aryl methyl sites for hydroxylation is 2. The molecule has 18 heavy (non-hydrogen) atoms. The van der Waals surface area contributed by atoms with Crippen molar-refractivity contribution in [2.75, 3.05) is 0 Å². The summed E-state index contributed by atoms with van der Waals surface area (Å²) in [4.78, 5) is 0. The second-order valence-electron chi connectivity index (χ2n) is 5.76. The van der Waals surface area contributed by atoms with Gasteiger partial charge in [0.15, 0.2) is 0 Å². The Morgan fingerprint density at radius 3 is 2.61 bits per heavy atom. The molecule has 1 aliphatic carbocycles. The number of aromatic nitrogens is 2. The van der Waals surface area contributed by atoms with Crippen LogP contribution in [0.3, 0.4) is 0 Å². The zero-order valence-corrected chi connectivity index (χ0v) is 12.1. The molecule has 1 aromatic heterocycles. The van der Waals surface area contributed by atoms with Crippen molar-refractivity contribution in [3.05, 3.63) is 17.0 Å². The molecule has 0 amide bonds. The molecule has 0 spiro atoms. The van der Waals surface area contributed by atoms with Crippen LogP contribution >= 0.6 is 0 Å². The minimum absolute atomic E-state index is 0.144. The quantitative estimate of drug-likeness (QED) is 0.868. The van der Waals surface area contributed by atoms with E-state index in [1.807, 2.05) is 0 Å². The molecule has 0 saturated heterocycles. The van der Waals surface area contributed by atoms with Crippen molar-refractivity contribution in [2.45, 2.75) is 71.9 Å². The molecule has 0 aliphatic heterocycles. The minimum atomic E-state index is 0.144. The van der Waals surface area contributed by atoms with Crippen LogP contribution < -0.4 is 5.73 Å². The van der Waals surface area contributed by atoms with Gasteiger partial charge in [0.2, 0.25) is 0 Å². The Bertz CT molecular complexity index is 389. The summed E-state index contributed by atoms with van der Waals surface area (Å²) in [6.07, 6.45) is 7.95. The third-order valence-corrected chi connectivity index (χ3v) is 4.47. The van der Waals surface area contributed by atoms with Crippen LogP contribution in [0.4, 0.5) is 0 Å². The van der Waals surface area contributed by atoms with Crippen LogP contribution in [0.2, 0.25) is 0 Å². The highest BCUT2D eigenvalue weighted by atomic mass is 15.3. The van der Waals surface area contributed by atoms with E-state index in [2.05, 4.69) is 30.6 Å².